The maximum absolute atomic E-state index is 8.76. The third-order valence-electron chi connectivity index (χ3n) is 3.02. The molecule has 1 unspecified atom stereocenters. The second-order valence-electron chi connectivity index (χ2n) is 4.49. The Labute approximate surface area is 105 Å². The molecular formula is C15H25NO. The molecule has 2 heteroatoms. The van der Waals surface area contributed by atoms with Crippen molar-refractivity contribution in [2.24, 2.45) is 0 Å². The van der Waals surface area contributed by atoms with Crippen LogP contribution in [0.1, 0.15) is 50.6 Å². The van der Waals surface area contributed by atoms with Crippen molar-refractivity contribution in [3.8, 4) is 0 Å². The van der Waals surface area contributed by atoms with E-state index in [9.17, 15) is 0 Å². The van der Waals surface area contributed by atoms with Crippen LogP contribution in [0, 0.1) is 0 Å². The van der Waals surface area contributed by atoms with Crippen LogP contribution in [-0.2, 0) is 0 Å². The standard InChI is InChI=1S/C15H25NO/c1-2-3-11-15(16-12-7-8-13-17)14-9-5-4-6-10-14/h4-6,9-10,15-17H,2-3,7-8,11-13H2,1H3. The first kappa shape index (κ1) is 14.2. The third-order valence-corrected chi connectivity index (χ3v) is 3.02. The van der Waals surface area contributed by atoms with Crippen LogP contribution in [0.3, 0.4) is 0 Å². The van der Waals surface area contributed by atoms with Crippen LogP contribution in [0.4, 0.5) is 0 Å². The summed E-state index contributed by atoms with van der Waals surface area (Å²) in [5.41, 5.74) is 1.38. The molecule has 1 aromatic carbocycles. The summed E-state index contributed by atoms with van der Waals surface area (Å²) in [4.78, 5) is 0. The Morgan fingerprint density at radius 2 is 1.88 bits per heavy atom. The SMILES string of the molecule is CCCCC(NCCCCO)c1ccccc1. The second-order valence-corrected chi connectivity index (χ2v) is 4.49. The third kappa shape index (κ3) is 5.85. The Morgan fingerprint density at radius 1 is 1.12 bits per heavy atom. The fraction of sp³-hybridized carbons (Fsp3) is 0.600. The second kappa shape index (κ2) is 9.20. The van der Waals surface area contributed by atoms with Crippen LogP contribution in [0.2, 0.25) is 0 Å². The van der Waals surface area contributed by atoms with E-state index in [0.29, 0.717) is 12.6 Å². The lowest BCUT2D eigenvalue weighted by Crippen LogP contribution is -2.22. The highest BCUT2D eigenvalue weighted by Crippen LogP contribution is 2.19. The molecule has 0 aliphatic rings. The molecule has 2 nitrogen and oxygen atoms in total. The first-order chi connectivity index (χ1) is 8.38. The first-order valence-corrected chi connectivity index (χ1v) is 6.77. The Bertz CT molecular complexity index is 274. The topological polar surface area (TPSA) is 32.3 Å². The summed E-state index contributed by atoms with van der Waals surface area (Å²) < 4.78 is 0. The highest BCUT2D eigenvalue weighted by molar-refractivity contribution is 5.18. The minimum absolute atomic E-state index is 0.298. The number of hydrogen-bond acceptors (Lipinski definition) is 2. The summed E-state index contributed by atoms with van der Waals surface area (Å²) in [6, 6.07) is 11.1. The van der Waals surface area contributed by atoms with Gasteiger partial charge in [0.05, 0.1) is 0 Å². The molecule has 0 radical (unpaired) electrons. The number of aliphatic hydroxyl groups excluding tert-OH is 1. The van der Waals surface area contributed by atoms with Crippen LogP contribution in [0.25, 0.3) is 0 Å². The quantitative estimate of drug-likeness (QED) is 0.644. The summed E-state index contributed by atoms with van der Waals surface area (Å²) in [6.07, 6.45) is 5.63. The Hall–Kier alpha value is -0.860. The molecule has 0 fully saturated rings. The van der Waals surface area contributed by atoms with Gasteiger partial charge in [0.1, 0.15) is 0 Å². The Morgan fingerprint density at radius 3 is 2.53 bits per heavy atom. The molecule has 0 heterocycles. The van der Waals surface area contributed by atoms with Gasteiger partial charge >= 0.3 is 0 Å². The van der Waals surface area contributed by atoms with Crippen LogP contribution < -0.4 is 5.32 Å². The molecule has 0 aliphatic heterocycles. The van der Waals surface area contributed by atoms with E-state index < -0.39 is 0 Å². The van der Waals surface area contributed by atoms with Gasteiger partial charge in [0, 0.05) is 12.6 Å². The van der Waals surface area contributed by atoms with Crippen LogP contribution in [0.15, 0.2) is 30.3 Å². The maximum Gasteiger partial charge on any atom is 0.0431 e. The number of hydrogen-bond donors (Lipinski definition) is 2. The van der Waals surface area contributed by atoms with E-state index in [1.807, 2.05) is 0 Å². The number of benzene rings is 1. The minimum atomic E-state index is 0.298. The average Bonchev–Trinajstić information content (AvgIpc) is 2.39. The highest BCUT2D eigenvalue weighted by Gasteiger charge is 2.08. The normalized spacial score (nSPS) is 12.6. The minimum Gasteiger partial charge on any atom is -0.396 e. The number of rotatable bonds is 9. The summed E-state index contributed by atoms with van der Waals surface area (Å²) in [5.74, 6) is 0. The van der Waals surface area contributed by atoms with E-state index in [1.54, 1.807) is 0 Å². The van der Waals surface area contributed by atoms with Crippen molar-refractivity contribution >= 4 is 0 Å². The van der Waals surface area contributed by atoms with Gasteiger partial charge in [0.15, 0.2) is 0 Å². The molecule has 1 atom stereocenters. The van der Waals surface area contributed by atoms with E-state index in [-0.39, 0.29) is 0 Å². The van der Waals surface area contributed by atoms with Gasteiger partial charge in [-0.15, -0.1) is 0 Å². The summed E-state index contributed by atoms with van der Waals surface area (Å²) >= 11 is 0. The van der Waals surface area contributed by atoms with E-state index in [0.717, 1.165) is 19.4 Å². The predicted molar refractivity (Wildman–Crippen MR) is 73.0 cm³/mol. The highest BCUT2D eigenvalue weighted by atomic mass is 16.2. The monoisotopic (exact) mass is 235 g/mol. The zero-order chi connectivity index (χ0) is 12.3. The molecule has 96 valence electrons. The van der Waals surface area contributed by atoms with Gasteiger partial charge in [0.25, 0.3) is 0 Å². The van der Waals surface area contributed by atoms with Gasteiger partial charge in [0.2, 0.25) is 0 Å². The van der Waals surface area contributed by atoms with Crippen molar-refractivity contribution in [1.82, 2.24) is 5.32 Å². The van der Waals surface area contributed by atoms with Crippen molar-refractivity contribution in [3.05, 3.63) is 35.9 Å². The molecule has 0 aromatic heterocycles. The summed E-state index contributed by atoms with van der Waals surface area (Å²) in [7, 11) is 0. The number of nitrogens with one attached hydrogen (secondary N) is 1. The molecule has 0 spiro atoms. The van der Waals surface area contributed by atoms with Crippen molar-refractivity contribution in [2.75, 3.05) is 13.2 Å². The van der Waals surface area contributed by atoms with E-state index in [4.69, 9.17) is 5.11 Å². The predicted octanol–water partition coefficient (Wildman–Crippen LogP) is 3.28. The fourth-order valence-electron chi connectivity index (χ4n) is 1.99. The number of unbranched alkanes of at least 4 members (excludes halogenated alkanes) is 2. The van der Waals surface area contributed by atoms with Crippen molar-refractivity contribution < 1.29 is 5.11 Å². The molecular weight excluding hydrogens is 210 g/mol. The van der Waals surface area contributed by atoms with Crippen LogP contribution in [-0.4, -0.2) is 18.3 Å². The van der Waals surface area contributed by atoms with E-state index in [2.05, 4.69) is 42.6 Å². The molecule has 0 aliphatic carbocycles. The van der Waals surface area contributed by atoms with Crippen LogP contribution >= 0.6 is 0 Å². The fourth-order valence-corrected chi connectivity index (χ4v) is 1.99. The smallest absolute Gasteiger partial charge is 0.0431 e. The lowest BCUT2D eigenvalue weighted by atomic mass is 10.0. The Kier molecular flexibility index (Phi) is 7.69. The van der Waals surface area contributed by atoms with Gasteiger partial charge in [-0.25, -0.2) is 0 Å². The molecule has 17 heavy (non-hydrogen) atoms. The lowest BCUT2D eigenvalue weighted by molar-refractivity contribution is 0.282. The largest absolute Gasteiger partial charge is 0.396 e. The first-order valence-electron chi connectivity index (χ1n) is 6.77. The van der Waals surface area contributed by atoms with Crippen molar-refractivity contribution in [3.63, 3.8) is 0 Å². The van der Waals surface area contributed by atoms with Crippen LogP contribution in [0.5, 0.6) is 0 Å². The lowest BCUT2D eigenvalue weighted by Gasteiger charge is -2.19. The van der Waals surface area contributed by atoms with Gasteiger partial charge in [-0.1, -0.05) is 50.1 Å². The van der Waals surface area contributed by atoms with Gasteiger partial charge in [-0.2, -0.15) is 0 Å². The van der Waals surface area contributed by atoms with Gasteiger partial charge in [-0.3, -0.25) is 0 Å². The van der Waals surface area contributed by atoms with Crippen molar-refractivity contribution in [1.29, 1.82) is 0 Å². The molecule has 0 bridgehead atoms. The molecule has 0 saturated heterocycles. The molecule has 0 amide bonds. The average molecular weight is 235 g/mol. The molecule has 0 saturated carbocycles. The van der Waals surface area contributed by atoms with Crippen molar-refractivity contribution in [2.45, 2.75) is 45.1 Å². The molecule has 2 N–H and O–H groups in total. The van der Waals surface area contributed by atoms with E-state index >= 15 is 0 Å². The summed E-state index contributed by atoms with van der Waals surface area (Å²) in [5, 5.41) is 12.4. The number of aliphatic hydroxyl groups is 1. The maximum atomic E-state index is 8.76. The molecule has 1 rings (SSSR count). The molecule has 1 aromatic rings. The summed E-state index contributed by atoms with van der Waals surface area (Å²) in [6.45, 7) is 3.52. The van der Waals surface area contributed by atoms with E-state index in [1.165, 1.54) is 24.8 Å². The van der Waals surface area contributed by atoms with Gasteiger partial charge in [-0.05, 0) is 31.4 Å². The zero-order valence-electron chi connectivity index (χ0n) is 10.9. The van der Waals surface area contributed by atoms with Gasteiger partial charge < -0.3 is 10.4 Å². The Balaban J connectivity index is 2.43. The zero-order valence-corrected chi connectivity index (χ0v) is 10.9.